The molecule has 1 aliphatic heterocycles. The van der Waals surface area contributed by atoms with Crippen molar-refractivity contribution in [2.75, 3.05) is 45.0 Å². The smallest absolute Gasteiger partial charge is 0.321 e. The molecule has 0 aliphatic carbocycles. The largest absolute Gasteiger partial charge is 0.369 e. The van der Waals surface area contributed by atoms with Gasteiger partial charge in [0.2, 0.25) is 0 Å². The lowest BCUT2D eigenvalue weighted by Crippen LogP contribution is -2.39. The summed E-state index contributed by atoms with van der Waals surface area (Å²) in [5.41, 5.74) is 3.35. The molecule has 0 fully saturated rings. The fraction of sp³-hybridized carbons (Fsp3) is 0.414. The Kier molecular flexibility index (Phi) is 8.62. The summed E-state index contributed by atoms with van der Waals surface area (Å²) in [7, 11) is 6.67. The van der Waals surface area contributed by atoms with E-state index < -0.39 is 12.1 Å². The summed E-state index contributed by atoms with van der Waals surface area (Å²) in [6, 6.07) is 10.3. The van der Waals surface area contributed by atoms with Crippen molar-refractivity contribution in [2.24, 2.45) is 0 Å². The molecule has 3 N–H and O–H groups in total. The number of pyridine rings is 1. The van der Waals surface area contributed by atoms with E-state index in [9.17, 15) is 19.5 Å². The first kappa shape index (κ1) is 29.5. The van der Waals surface area contributed by atoms with Crippen LogP contribution in [0, 0.1) is 0 Å². The lowest BCUT2D eigenvalue weighted by atomic mass is 9.94. The number of nitrogens with one attached hydrogen (secondary N) is 2. The van der Waals surface area contributed by atoms with E-state index in [1.54, 1.807) is 57.4 Å². The molecule has 12 nitrogen and oxygen atoms in total. The van der Waals surface area contributed by atoms with E-state index in [-0.39, 0.29) is 36.1 Å². The lowest BCUT2D eigenvalue weighted by Gasteiger charge is -2.37. The maximum absolute atomic E-state index is 13.5. The number of anilines is 2. The standard InChI is InChI=1S/C29H38N8O4/c1-17(2)37-25-18(3)16-36(22-13-10-20(15-30-22)27(39)34(4)5)28(40)23(25)24(33-37)26(38)31-14-19-8-11-21(12-9-19)32-29(41)35(6)7/h8-13,15,17-18,28,40H,14,16H2,1-7H3,(H,31,38)(H,32,41)/t18-,28?/m0/s1. The van der Waals surface area contributed by atoms with Crippen LogP contribution in [0.3, 0.4) is 0 Å². The lowest BCUT2D eigenvalue weighted by molar-refractivity contribution is 0.0826. The predicted octanol–water partition coefficient (Wildman–Crippen LogP) is 3.20. The predicted molar refractivity (Wildman–Crippen MR) is 156 cm³/mol. The normalized spacial score (nSPS) is 16.3. The minimum absolute atomic E-state index is 0.0223. The first-order valence-corrected chi connectivity index (χ1v) is 13.5. The van der Waals surface area contributed by atoms with Crippen molar-refractivity contribution < 1.29 is 19.5 Å². The molecule has 0 saturated carbocycles. The van der Waals surface area contributed by atoms with Gasteiger partial charge in [-0.2, -0.15) is 5.10 Å². The van der Waals surface area contributed by atoms with Crippen molar-refractivity contribution in [1.82, 2.24) is 29.9 Å². The van der Waals surface area contributed by atoms with Crippen LogP contribution in [0.5, 0.6) is 0 Å². The van der Waals surface area contributed by atoms with Crippen LogP contribution in [0.1, 0.15) is 76.6 Å². The molecular formula is C29H38N8O4. The van der Waals surface area contributed by atoms with E-state index in [0.29, 0.717) is 29.2 Å². The average Bonchev–Trinajstić information content (AvgIpc) is 3.36. The first-order valence-electron chi connectivity index (χ1n) is 13.5. The molecule has 1 aromatic carbocycles. The van der Waals surface area contributed by atoms with Crippen LogP contribution in [-0.4, -0.2) is 82.3 Å². The monoisotopic (exact) mass is 562 g/mol. The highest BCUT2D eigenvalue weighted by molar-refractivity contribution is 5.95. The Labute approximate surface area is 239 Å². The summed E-state index contributed by atoms with van der Waals surface area (Å²) in [5.74, 6) is -0.127. The molecule has 4 rings (SSSR count). The number of aliphatic hydroxyl groups excluding tert-OH is 1. The zero-order valence-electron chi connectivity index (χ0n) is 24.5. The number of nitrogens with zero attached hydrogens (tertiary/aromatic N) is 6. The SMILES string of the molecule is CC(C)n1nc(C(=O)NCc2ccc(NC(=O)N(C)C)cc2)c2c1[C@@H](C)CN(c1ccc(C(=O)N(C)C)cn1)C2O. The average molecular weight is 563 g/mol. The summed E-state index contributed by atoms with van der Waals surface area (Å²) < 4.78 is 1.81. The third-order valence-electron chi connectivity index (χ3n) is 6.94. The second-order valence-electron chi connectivity index (χ2n) is 10.9. The molecule has 4 amide bonds. The number of fused-ring (bicyclic) bond motifs is 1. The van der Waals surface area contributed by atoms with Gasteiger partial charge in [-0.3, -0.25) is 14.3 Å². The highest BCUT2D eigenvalue weighted by Crippen LogP contribution is 2.39. The van der Waals surface area contributed by atoms with E-state index in [1.807, 2.05) is 37.6 Å². The second-order valence-corrected chi connectivity index (χ2v) is 10.9. The van der Waals surface area contributed by atoms with Gasteiger partial charge < -0.3 is 30.4 Å². The molecule has 1 unspecified atom stereocenters. The summed E-state index contributed by atoms with van der Waals surface area (Å²) in [6.07, 6.45) is 0.337. The van der Waals surface area contributed by atoms with Crippen LogP contribution in [0.4, 0.5) is 16.3 Å². The Morgan fingerprint density at radius 2 is 1.73 bits per heavy atom. The van der Waals surface area contributed by atoms with Gasteiger partial charge in [0, 0.05) is 65.1 Å². The third-order valence-corrected chi connectivity index (χ3v) is 6.94. The van der Waals surface area contributed by atoms with E-state index in [0.717, 1.165) is 11.3 Å². The molecule has 0 radical (unpaired) electrons. The van der Waals surface area contributed by atoms with Gasteiger partial charge in [-0.1, -0.05) is 19.1 Å². The van der Waals surface area contributed by atoms with E-state index >= 15 is 0 Å². The quantitative estimate of drug-likeness (QED) is 0.402. The van der Waals surface area contributed by atoms with Crippen LogP contribution >= 0.6 is 0 Å². The molecule has 2 atom stereocenters. The number of carbonyl (C=O) groups excluding carboxylic acids is 3. The van der Waals surface area contributed by atoms with Gasteiger partial charge >= 0.3 is 6.03 Å². The second kappa shape index (κ2) is 12.0. The summed E-state index contributed by atoms with van der Waals surface area (Å²) >= 11 is 0. The van der Waals surface area contributed by atoms with Crippen LogP contribution in [0.25, 0.3) is 0 Å². The highest BCUT2D eigenvalue weighted by Gasteiger charge is 2.39. The van der Waals surface area contributed by atoms with E-state index in [1.165, 1.54) is 16.0 Å². The Bertz CT molecular complexity index is 1410. The molecule has 2 aromatic heterocycles. The topological polar surface area (TPSA) is 136 Å². The number of carbonyl (C=O) groups is 3. The Hall–Kier alpha value is -4.45. The van der Waals surface area contributed by atoms with Crippen LogP contribution in [0.15, 0.2) is 42.6 Å². The maximum Gasteiger partial charge on any atom is 0.321 e. The van der Waals surface area contributed by atoms with Gasteiger partial charge in [-0.15, -0.1) is 0 Å². The first-order chi connectivity index (χ1) is 19.4. The number of hydrogen-bond acceptors (Lipinski definition) is 7. The van der Waals surface area contributed by atoms with Crippen molar-refractivity contribution in [3.05, 3.63) is 70.7 Å². The number of aliphatic hydroxyl groups is 1. The Balaban J connectivity index is 1.57. The minimum Gasteiger partial charge on any atom is -0.369 e. The number of hydrogen-bond donors (Lipinski definition) is 3. The number of benzene rings is 1. The number of urea groups is 1. The van der Waals surface area contributed by atoms with Gasteiger partial charge in [-0.05, 0) is 43.7 Å². The molecule has 1 aliphatic rings. The summed E-state index contributed by atoms with van der Waals surface area (Å²) in [5, 5.41) is 21.9. The zero-order valence-corrected chi connectivity index (χ0v) is 24.5. The Morgan fingerprint density at radius 3 is 2.29 bits per heavy atom. The number of aromatic nitrogens is 3. The number of rotatable bonds is 7. The van der Waals surface area contributed by atoms with Crippen LogP contribution in [0.2, 0.25) is 0 Å². The van der Waals surface area contributed by atoms with Gasteiger partial charge in [-0.25, -0.2) is 9.78 Å². The maximum atomic E-state index is 13.5. The van der Waals surface area contributed by atoms with Crippen LogP contribution in [-0.2, 0) is 6.54 Å². The molecule has 0 saturated heterocycles. The molecule has 3 heterocycles. The van der Waals surface area contributed by atoms with Crippen molar-refractivity contribution in [1.29, 1.82) is 0 Å². The molecule has 3 aromatic rings. The van der Waals surface area contributed by atoms with Gasteiger partial charge in [0.1, 0.15) is 5.82 Å². The molecule has 218 valence electrons. The fourth-order valence-corrected chi connectivity index (χ4v) is 4.77. The minimum atomic E-state index is -1.16. The summed E-state index contributed by atoms with van der Waals surface area (Å²) in [4.78, 5) is 46.7. The van der Waals surface area contributed by atoms with E-state index in [4.69, 9.17) is 0 Å². The Morgan fingerprint density at radius 1 is 1.05 bits per heavy atom. The van der Waals surface area contributed by atoms with Crippen molar-refractivity contribution in [3.63, 3.8) is 0 Å². The van der Waals surface area contributed by atoms with Crippen molar-refractivity contribution in [3.8, 4) is 0 Å². The van der Waals surface area contributed by atoms with Gasteiger partial charge in [0.15, 0.2) is 11.9 Å². The molecular weight excluding hydrogens is 524 g/mol. The molecule has 12 heteroatoms. The fourth-order valence-electron chi connectivity index (χ4n) is 4.77. The van der Waals surface area contributed by atoms with Gasteiger partial charge in [0.05, 0.1) is 16.8 Å². The van der Waals surface area contributed by atoms with Crippen molar-refractivity contribution >= 4 is 29.4 Å². The highest BCUT2D eigenvalue weighted by atomic mass is 16.3. The third kappa shape index (κ3) is 6.17. The zero-order chi connectivity index (χ0) is 30.0. The summed E-state index contributed by atoms with van der Waals surface area (Å²) in [6.45, 7) is 6.69. The number of amides is 4. The molecule has 0 spiro atoms. The molecule has 41 heavy (non-hydrogen) atoms. The van der Waals surface area contributed by atoms with E-state index in [2.05, 4.69) is 20.7 Å². The molecule has 0 bridgehead atoms. The van der Waals surface area contributed by atoms with Gasteiger partial charge in [0.25, 0.3) is 11.8 Å². The van der Waals surface area contributed by atoms with Crippen molar-refractivity contribution in [2.45, 2.75) is 45.5 Å². The van der Waals surface area contributed by atoms with Crippen LogP contribution < -0.4 is 15.5 Å².